The third kappa shape index (κ3) is 4.80. The highest BCUT2D eigenvalue weighted by molar-refractivity contribution is 6.32. The number of anilines is 1. The molecule has 30 heavy (non-hydrogen) atoms. The molecular formula is C19H15Cl2F3N4O2. The summed E-state index contributed by atoms with van der Waals surface area (Å²) < 4.78 is 47.1. The van der Waals surface area contributed by atoms with E-state index < -0.39 is 29.5 Å². The highest BCUT2D eigenvalue weighted by atomic mass is 35.5. The van der Waals surface area contributed by atoms with Crippen molar-refractivity contribution in [3.63, 3.8) is 0 Å². The number of nitrogens with one attached hydrogen (secondary N) is 2. The van der Waals surface area contributed by atoms with Crippen LogP contribution in [0, 0.1) is 12.7 Å². The minimum absolute atomic E-state index is 0.0132. The van der Waals surface area contributed by atoms with Crippen molar-refractivity contribution in [2.45, 2.75) is 19.9 Å². The van der Waals surface area contributed by atoms with Crippen LogP contribution in [0.3, 0.4) is 0 Å². The maximum absolute atomic E-state index is 15.0. The van der Waals surface area contributed by atoms with Gasteiger partial charge in [-0.15, -0.1) is 0 Å². The van der Waals surface area contributed by atoms with E-state index in [0.29, 0.717) is 5.82 Å². The van der Waals surface area contributed by atoms with Crippen molar-refractivity contribution in [1.29, 1.82) is 0 Å². The Hall–Kier alpha value is -2.91. The molecule has 1 aromatic heterocycles. The lowest BCUT2D eigenvalue weighted by Gasteiger charge is -2.15. The number of carbonyl (C=O) groups is 1. The molecule has 0 atom stereocenters. The zero-order valence-corrected chi connectivity index (χ0v) is 16.9. The number of hydrogen-bond acceptors (Lipinski definition) is 4. The quantitative estimate of drug-likeness (QED) is 0.430. The van der Waals surface area contributed by atoms with Crippen LogP contribution in [-0.2, 0) is 6.54 Å². The number of amides is 1. The van der Waals surface area contributed by atoms with Gasteiger partial charge in [-0.3, -0.25) is 4.79 Å². The predicted molar refractivity (Wildman–Crippen MR) is 107 cm³/mol. The van der Waals surface area contributed by atoms with E-state index in [-0.39, 0.29) is 39.4 Å². The summed E-state index contributed by atoms with van der Waals surface area (Å²) in [4.78, 5) is 18.8. The summed E-state index contributed by atoms with van der Waals surface area (Å²) >= 11 is 11.8. The number of aromatic amines is 1. The van der Waals surface area contributed by atoms with Crippen molar-refractivity contribution < 1.29 is 22.7 Å². The lowest BCUT2D eigenvalue weighted by atomic mass is 10.1. The molecule has 0 radical (unpaired) electrons. The summed E-state index contributed by atoms with van der Waals surface area (Å²) in [6, 6.07) is 6.20. The van der Waals surface area contributed by atoms with Crippen LogP contribution in [0.15, 0.2) is 30.3 Å². The highest BCUT2D eigenvalue weighted by Crippen LogP contribution is 2.37. The van der Waals surface area contributed by atoms with E-state index in [1.807, 2.05) is 0 Å². The van der Waals surface area contributed by atoms with Crippen LogP contribution in [0.5, 0.6) is 11.5 Å². The van der Waals surface area contributed by atoms with Crippen LogP contribution in [0.1, 0.15) is 33.9 Å². The van der Waals surface area contributed by atoms with Crippen LogP contribution in [0.4, 0.5) is 18.9 Å². The maximum Gasteiger partial charge on any atom is 0.273 e. The number of rotatable bonds is 6. The number of imidazole rings is 1. The van der Waals surface area contributed by atoms with Gasteiger partial charge in [-0.05, 0) is 25.1 Å². The molecule has 11 heteroatoms. The fraction of sp³-hybridized carbons (Fsp3) is 0.158. The average molecular weight is 459 g/mol. The highest BCUT2D eigenvalue weighted by Gasteiger charge is 2.23. The molecule has 1 heterocycles. The third-order valence-corrected chi connectivity index (χ3v) is 4.48. The lowest BCUT2D eigenvalue weighted by molar-refractivity contribution is 0.0945. The van der Waals surface area contributed by atoms with Gasteiger partial charge in [-0.1, -0.05) is 29.3 Å². The van der Waals surface area contributed by atoms with Crippen LogP contribution in [0.25, 0.3) is 0 Å². The smallest absolute Gasteiger partial charge is 0.273 e. The molecule has 0 bridgehead atoms. The summed E-state index contributed by atoms with van der Waals surface area (Å²) in [7, 11) is 0. The molecular weight excluding hydrogens is 444 g/mol. The molecule has 0 aliphatic heterocycles. The average Bonchev–Trinajstić information content (AvgIpc) is 2.99. The first-order valence-electron chi connectivity index (χ1n) is 8.49. The van der Waals surface area contributed by atoms with Gasteiger partial charge in [0.1, 0.15) is 16.7 Å². The Kier molecular flexibility index (Phi) is 6.42. The number of nitrogens with zero attached hydrogens (tertiary/aromatic N) is 1. The van der Waals surface area contributed by atoms with E-state index in [1.54, 1.807) is 6.92 Å². The predicted octanol–water partition coefficient (Wildman–Crippen LogP) is 5.41. The van der Waals surface area contributed by atoms with Gasteiger partial charge in [0.25, 0.3) is 12.3 Å². The molecule has 0 aliphatic carbocycles. The van der Waals surface area contributed by atoms with Crippen molar-refractivity contribution >= 4 is 34.8 Å². The van der Waals surface area contributed by atoms with Gasteiger partial charge in [0, 0.05) is 28.9 Å². The largest absolute Gasteiger partial charge is 0.454 e. The van der Waals surface area contributed by atoms with Gasteiger partial charge in [0.15, 0.2) is 17.3 Å². The molecule has 0 unspecified atom stereocenters. The minimum Gasteiger partial charge on any atom is -0.454 e. The summed E-state index contributed by atoms with van der Waals surface area (Å²) in [5, 5.41) is 2.66. The number of H-pyrrole nitrogens is 1. The molecule has 0 fully saturated rings. The molecule has 0 saturated carbocycles. The van der Waals surface area contributed by atoms with E-state index in [9.17, 15) is 18.0 Å². The Morgan fingerprint density at radius 2 is 2.03 bits per heavy atom. The van der Waals surface area contributed by atoms with E-state index in [2.05, 4.69) is 15.3 Å². The van der Waals surface area contributed by atoms with Crippen molar-refractivity contribution in [1.82, 2.24) is 15.3 Å². The number of carbonyl (C=O) groups excluding carboxylic acids is 1. The summed E-state index contributed by atoms with van der Waals surface area (Å²) in [5.41, 5.74) is 5.06. The normalized spacial score (nSPS) is 11.0. The Morgan fingerprint density at radius 3 is 2.63 bits per heavy atom. The first-order chi connectivity index (χ1) is 14.2. The second-order valence-corrected chi connectivity index (χ2v) is 7.06. The number of aromatic nitrogens is 2. The fourth-order valence-electron chi connectivity index (χ4n) is 2.66. The van der Waals surface area contributed by atoms with Gasteiger partial charge in [0.05, 0.1) is 5.56 Å². The zero-order chi connectivity index (χ0) is 22.0. The first kappa shape index (κ1) is 21.8. The van der Waals surface area contributed by atoms with E-state index in [0.717, 1.165) is 12.1 Å². The number of nitrogens with two attached hydrogens (primary N) is 1. The van der Waals surface area contributed by atoms with Crippen LogP contribution in [0.2, 0.25) is 10.2 Å². The van der Waals surface area contributed by atoms with Gasteiger partial charge in [-0.25, -0.2) is 18.2 Å². The Balaban J connectivity index is 1.88. The number of nitrogen functional groups attached to an aromatic ring is 1. The molecule has 0 aliphatic rings. The second kappa shape index (κ2) is 8.85. The van der Waals surface area contributed by atoms with Gasteiger partial charge in [-0.2, -0.15) is 0 Å². The molecule has 3 aromatic rings. The van der Waals surface area contributed by atoms with Crippen molar-refractivity contribution in [3.8, 4) is 11.5 Å². The monoisotopic (exact) mass is 458 g/mol. The van der Waals surface area contributed by atoms with Gasteiger partial charge < -0.3 is 20.8 Å². The van der Waals surface area contributed by atoms with E-state index in [1.165, 1.54) is 18.2 Å². The van der Waals surface area contributed by atoms with Crippen LogP contribution < -0.4 is 15.8 Å². The van der Waals surface area contributed by atoms with Gasteiger partial charge >= 0.3 is 0 Å². The zero-order valence-electron chi connectivity index (χ0n) is 15.4. The van der Waals surface area contributed by atoms with Crippen LogP contribution in [-0.4, -0.2) is 15.9 Å². The first-order valence-corrected chi connectivity index (χ1v) is 9.25. The molecule has 1 amide bonds. The summed E-state index contributed by atoms with van der Waals surface area (Å²) in [6.07, 6.45) is -3.00. The molecule has 3 rings (SSSR count). The van der Waals surface area contributed by atoms with E-state index >= 15 is 0 Å². The number of ether oxygens (including phenoxy) is 1. The van der Waals surface area contributed by atoms with Crippen molar-refractivity contribution in [3.05, 3.63) is 69.0 Å². The van der Waals surface area contributed by atoms with Gasteiger partial charge in [0.2, 0.25) is 0 Å². The molecule has 4 N–H and O–H groups in total. The number of aryl methyl sites for hydroxylation is 1. The van der Waals surface area contributed by atoms with Crippen LogP contribution >= 0.6 is 23.2 Å². The topological polar surface area (TPSA) is 93.0 Å². The molecule has 0 spiro atoms. The number of benzene rings is 2. The molecule has 158 valence electrons. The second-order valence-electron chi connectivity index (χ2n) is 6.25. The molecule has 2 aromatic carbocycles. The third-order valence-electron chi connectivity index (χ3n) is 3.99. The lowest BCUT2D eigenvalue weighted by Crippen LogP contribution is -2.24. The molecule has 6 nitrogen and oxygen atoms in total. The number of hydrogen-bond donors (Lipinski definition) is 3. The number of halogens is 5. The summed E-state index contributed by atoms with van der Waals surface area (Å²) in [5.74, 6) is -2.00. The SMILES string of the molecule is Cc1nc(C(=O)NCc2ccc(C(F)F)c(Oc3cc(N)cc(Cl)c3)c2F)c(Cl)[nH]1. The summed E-state index contributed by atoms with van der Waals surface area (Å²) in [6.45, 7) is 1.29. The minimum atomic E-state index is -3.00. The molecule has 0 saturated heterocycles. The Labute approximate surface area is 179 Å². The Morgan fingerprint density at radius 1 is 1.30 bits per heavy atom. The van der Waals surface area contributed by atoms with E-state index in [4.69, 9.17) is 33.7 Å². The number of alkyl halides is 2. The standard InChI is InChI=1S/C19H15Cl2F3N4O2/c1-8-27-15(17(21)28-8)19(29)26-7-9-2-3-13(18(23)24)16(14(9)22)30-12-5-10(20)4-11(25)6-12/h2-6,18H,7,25H2,1H3,(H,26,29)(H,27,28). The Bertz CT molecular complexity index is 1090. The maximum atomic E-state index is 15.0. The fourth-order valence-corrected chi connectivity index (χ4v) is 3.16. The van der Waals surface area contributed by atoms with Crippen molar-refractivity contribution in [2.75, 3.05) is 5.73 Å². The van der Waals surface area contributed by atoms with Crippen molar-refractivity contribution in [2.24, 2.45) is 0 Å².